The van der Waals surface area contributed by atoms with E-state index in [4.69, 9.17) is 10.8 Å². The number of carboxylic acids is 1. The van der Waals surface area contributed by atoms with E-state index in [0.717, 1.165) is 6.07 Å². The summed E-state index contributed by atoms with van der Waals surface area (Å²) in [6.07, 6.45) is -0.203. The molecule has 0 aliphatic carbocycles. The second-order valence-corrected chi connectivity index (χ2v) is 5.14. The fourth-order valence-electron chi connectivity index (χ4n) is 1.87. The predicted molar refractivity (Wildman–Crippen MR) is 74.0 cm³/mol. The molecule has 6 nitrogen and oxygen atoms in total. The fourth-order valence-corrected chi connectivity index (χ4v) is 1.87. The number of nitrogens with two attached hydrogens (primary N) is 1. The van der Waals surface area contributed by atoms with Crippen LogP contribution in [0.15, 0.2) is 24.3 Å². The van der Waals surface area contributed by atoms with Gasteiger partial charge in [0.2, 0.25) is 0 Å². The minimum atomic E-state index is -2.33. The molecule has 4 N–H and O–H groups in total. The average molecular weight is 296 g/mol. The van der Waals surface area contributed by atoms with Crippen LogP contribution in [0.25, 0.3) is 0 Å². The second-order valence-electron chi connectivity index (χ2n) is 5.14. The Kier molecular flexibility index (Phi) is 5.15. The Balaban J connectivity index is 2.97. The largest absolute Gasteiger partial charge is 0.480 e. The molecule has 0 aliphatic heterocycles. The van der Waals surface area contributed by atoms with Crippen molar-refractivity contribution in [2.45, 2.75) is 25.8 Å². The molecule has 21 heavy (non-hydrogen) atoms. The van der Waals surface area contributed by atoms with E-state index in [1.54, 1.807) is 13.8 Å². The molecule has 0 fully saturated rings. The van der Waals surface area contributed by atoms with Gasteiger partial charge in [-0.3, -0.25) is 9.59 Å². The number of para-hydroxylation sites is 1. The molecule has 0 aliphatic rings. The number of carbonyl (C=O) groups excluding carboxylic acids is 2. The number of hydrogen-bond donors (Lipinski definition) is 3. The second kappa shape index (κ2) is 6.45. The van der Waals surface area contributed by atoms with Gasteiger partial charge < -0.3 is 16.2 Å². The number of amides is 1. The Bertz CT molecular complexity index is 574. The Morgan fingerprint density at radius 2 is 1.90 bits per heavy atom. The van der Waals surface area contributed by atoms with Gasteiger partial charge in [-0.05, 0) is 24.5 Å². The molecule has 1 amide bonds. The van der Waals surface area contributed by atoms with Crippen LogP contribution in [0.4, 0.5) is 10.1 Å². The van der Waals surface area contributed by atoms with E-state index in [9.17, 15) is 18.8 Å². The first-order valence-corrected chi connectivity index (χ1v) is 6.31. The highest BCUT2D eigenvalue weighted by Crippen LogP contribution is 2.18. The molecule has 1 aromatic rings. The van der Waals surface area contributed by atoms with Gasteiger partial charge in [0, 0.05) is 0 Å². The van der Waals surface area contributed by atoms with Crippen molar-refractivity contribution in [2.24, 2.45) is 11.7 Å². The number of ketones is 1. The molecule has 1 aromatic carbocycles. The van der Waals surface area contributed by atoms with E-state index in [1.807, 2.05) is 5.32 Å². The molecular weight excluding hydrogens is 279 g/mol. The maximum atomic E-state index is 13.4. The summed E-state index contributed by atoms with van der Waals surface area (Å²) in [7, 11) is 0. The molecule has 1 rings (SSSR count). The van der Waals surface area contributed by atoms with Crippen LogP contribution in [0, 0.1) is 11.7 Å². The van der Waals surface area contributed by atoms with E-state index in [0.29, 0.717) is 0 Å². The summed E-state index contributed by atoms with van der Waals surface area (Å²) in [5.41, 5.74) is 3.03. The third kappa shape index (κ3) is 3.85. The number of rotatable bonds is 6. The van der Waals surface area contributed by atoms with Crippen LogP contribution < -0.4 is 11.1 Å². The Morgan fingerprint density at radius 1 is 1.33 bits per heavy atom. The minimum Gasteiger partial charge on any atom is -0.480 e. The van der Waals surface area contributed by atoms with Gasteiger partial charge in [0.15, 0.2) is 5.54 Å². The number of carboxylic acid groups (broad SMARTS) is 1. The first-order chi connectivity index (χ1) is 9.68. The molecule has 114 valence electrons. The normalized spacial score (nSPS) is 13.6. The maximum Gasteiger partial charge on any atom is 0.332 e. The lowest BCUT2D eigenvalue weighted by Crippen LogP contribution is -2.59. The number of Topliss-reactive ketones (excluding diaryl/α,β-unsaturated/α-hetero) is 1. The molecule has 0 radical (unpaired) electrons. The van der Waals surface area contributed by atoms with E-state index >= 15 is 0 Å². The third-order valence-electron chi connectivity index (χ3n) is 2.85. The Morgan fingerprint density at radius 3 is 2.38 bits per heavy atom. The van der Waals surface area contributed by atoms with Crippen molar-refractivity contribution < 1.29 is 23.9 Å². The Hall–Kier alpha value is -2.28. The van der Waals surface area contributed by atoms with Crippen LogP contribution in [0.3, 0.4) is 0 Å². The van der Waals surface area contributed by atoms with Gasteiger partial charge in [-0.1, -0.05) is 26.0 Å². The van der Waals surface area contributed by atoms with Crippen LogP contribution in [0.5, 0.6) is 0 Å². The van der Waals surface area contributed by atoms with Gasteiger partial charge in [0.1, 0.15) is 5.82 Å². The molecule has 1 unspecified atom stereocenters. The molecule has 1 atom stereocenters. The summed E-state index contributed by atoms with van der Waals surface area (Å²) in [4.78, 5) is 35.1. The van der Waals surface area contributed by atoms with Crippen LogP contribution >= 0.6 is 0 Å². The zero-order chi connectivity index (χ0) is 16.2. The molecule has 0 saturated carbocycles. The number of hydrogen-bond acceptors (Lipinski definition) is 4. The minimum absolute atomic E-state index is 0.203. The van der Waals surface area contributed by atoms with Crippen LogP contribution in [-0.4, -0.2) is 28.3 Å². The first-order valence-electron chi connectivity index (χ1n) is 6.31. The van der Waals surface area contributed by atoms with Gasteiger partial charge in [-0.15, -0.1) is 0 Å². The van der Waals surface area contributed by atoms with Crippen molar-refractivity contribution in [3.8, 4) is 0 Å². The number of carbonyl (C=O) groups is 3. The van der Waals surface area contributed by atoms with Crippen molar-refractivity contribution in [1.29, 1.82) is 0 Å². The van der Waals surface area contributed by atoms with E-state index in [2.05, 4.69) is 0 Å². The number of benzene rings is 1. The standard InChI is InChI=1S/C14H17FN2O4/c1-8(2)7-14(16,13(20)21)11(18)12(19)17-10-6-4-3-5-9(10)15/h3-6,8H,7,16H2,1-2H3,(H,17,19)(H,20,21). The maximum absolute atomic E-state index is 13.4. The first kappa shape index (κ1) is 16.8. The lowest BCUT2D eigenvalue weighted by Gasteiger charge is -2.24. The van der Waals surface area contributed by atoms with Crippen LogP contribution in [0.1, 0.15) is 20.3 Å². The highest BCUT2D eigenvalue weighted by molar-refractivity contribution is 6.47. The molecule has 0 bridgehead atoms. The summed E-state index contributed by atoms with van der Waals surface area (Å²) in [6.45, 7) is 3.35. The van der Waals surface area contributed by atoms with Crippen molar-refractivity contribution in [3.05, 3.63) is 30.1 Å². The van der Waals surface area contributed by atoms with Crippen LogP contribution in [-0.2, 0) is 14.4 Å². The number of anilines is 1. The predicted octanol–water partition coefficient (Wildman–Crippen LogP) is 1.16. The quantitative estimate of drug-likeness (QED) is 0.539. The van der Waals surface area contributed by atoms with Crippen molar-refractivity contribution in [1.82, 2.24) is 0 Å². The number of halogens is 1. The zero-order valence-electron chi connectivity index (χ0n) is 11.7. The number of aliphatic carboxylic acids is 1. The average Bonchev–Trinajstić information content (AvgIpc) is 2.39. The lowest BCUT2D eigenvalue weighted by atomic mass is 9.85. The SMILES string of the molecule is CC(C)CC(N)(C(=O)O)C(=O)C(=O)Nc1ccccc1F. The highest BCUT2D eigenvalue weighted by atomic mass is 19.1. The van der Waals surface area contributed by atoms with Crippen molar-refractivity contribution in [3.63, 3.8) is 0 Å². The van der Waals surface area contributed by atoms with Gasteiger partial charge >= 0.3 is 5.97 Å². The summed E-state index contributed by atoms with van der Waals surface area (Å²) in [6, 6.07) is 5.23. The molecular formula is C14H17FN2O4. The van der Waals surface area contributed by atoms with Crippen molar-refractivity contribution in [2.75, 3.05) is 5.32 Å². The van der Waals surface area contributed by atoms with E-state index in [-0.39, 0.29) is 18.0 Å². The third-order valence-corrected chi connectivity index (χ3v) is 2.85. The topological polar surface area (TPSA) is 109 Å². The fraction of sp³-hybridized carbons (Fsp3) is 0.357. The van der Waals surface area contributed by atoms with Gasteiger partial charge in [0.05, 0.1) is 5.69 Å². The lowest BCUT2D eigenvalue weighted by molar-refractivity contribution is -0.152. The van der Waals surface area contributed by atoms with E-state index < -0.39 is 29.0 Å². The summed E-state index contributed by atoms with van der Waals surface area (Å²) < 4.78 is 13.4. The Labute approximate surface area is 121 Å². The monoisotopic (exact) mass is 296 g/mol. The van der Waals surface area contributed by atoms with Gasteiger partial charge in [-0.2, -0.15) is 0 Å². The summed E-state index contributed by atoms with van der Waals surface area (Å²) in [5, 5.41) is 11.2. The summed E-state index contributed by atoms with van der Waals surface area (Å²) in [5.74, 6) is -5.11. The van der Waals surface area contributed by atoms with Crippen molar-refractivity contribution >= 4 is 23.3 Å². The van der Waals surface area contributed by atoms with Gasteiger partial charge in [0.25, 0.3) is 11.7 Å². The number of nitrogens with one attached hydrogen (secondary N) is 1. The molecule has 0 saturated heterocycles. The highest BCUT2D eigenvalue weighted by Gasteiger charge is 2.46. The van der Waals surface area contributed by atoms with E-state index in [1.165, 1.54) is 18.2 Å². The smallest absolute Gasteiger partial charge is 0.332 e. The molecule has 0 spiro atoms. The zero-order valence-corrected chi connectivity index (χ0v) is 11.7. The van der Waals surface area contributed by atoms with Crippen LogP contribution in [0.2, 0.25) is 0 Å². The summed E-state index contributed by atoms with van der Waals surface area (Å²) >= 11 is 0. The van der Waals surface area contributed by atoms with Gasteiger partial charge in [-0.25, -0.2) is 9.18 Å². The molecule has 0 aromatic heterocycles. The molecule has 7 heteroatoms. The molecule has 0 heterocycles.